The Balaban J connectivity index is 1.72. The molecule has 0 bridgehead atoms. The third kappa shape index (κ3) is 8.10. The van der Waals surface area contributed by atoms with E-state index < -0.39 is 10.0 Å². The summed E-state index contributed by atoms with van der Waals surface area (Å²) in [6, 6.07) is 8.67. The number of hydrogen-bond donors (Lipinski definition) is 3. The first-order chi connectivity index (χ1) is 13.2. The molecule has 1 aromatic heterocycles. The standard InChI is InChI=1S/C19H29N5O3S/c1-15(2)23-28(26,27)14-18-7-5-17(6-8-18)12-21-19(25)20-11-16(3)13-24-10-4-9-22-24/h4-10,15-16,23H,11-14H2,1-3H3,(H2,20,21,25). The fourth-order valence-corrected chi connectivity index (χ4v) is 4.11. The lowest BCUT2D eigenvalue weighted by Crippen LogP contribution is -2.38. The zero-order valence-corrected chi connectivity index (χ0v) is 17.4. The Hall–Kier alpha value is -2.39. The number of sulfonamides is 1. The van der Waals surface area contributed by atoms with Crippen LogP contribution in [0, 0.1) is 5.92 Å². The van der Waals surface area contributed by atoms with Crippen molar-refractivity contribution in [3.05, 3.63) is 53.9 Å². The molecule has 0 aliphatic rings. The van der Waals surface area contributed by atoms with E-state index in [-0.39, 0.29) is 23.7 Å². The molecular weight excluding hydrogens is 378 g/mol. The van der Waals surface area contributed by atoms with E-state index in [4.69, 9.17) is 0 Å². The van der Waals surface area contributed by atoms with Crippen molar-refractivity contribution in [3.8, 4) is 0 Å². The van der Waals surface area contributed by atoms with E-state index in [0.717, 1.165) is 12.1 Å². The molecule has 154 valence electrons. The molecule has 28 heavy (non-hydrogen) atoms. The van der Waals surface area contributed by atoms with Crippen LogP contribution < -0.4 is 15.4 Å². The smallest absolute Gasteiger partial charge is 0.315 e. The van der Waals surface area contributed by atoms with Gasteiger partial charge < -0.3 is 10.6 Å². The second-order valence-corrected chi connectivity index (χ2v) is 9.00. The maximum absolute atomic E-state index is 12.0. The molecule has 2 aromatic rings. The van der Waals surface area contributed by atoms with E-state index in [9.17, 15) is 13.2 Å². The van der Waals surface area contributed by atoms with Crippen molar-refractivity contribution in [1.82, 2.24) is 25.1 Å². The molecule has 1 heterocycles. The number of hydrogen-bond acceptors (Lipinski definition) is 4. The molecule has 1 aromatic carbocycles. The molecule has 0 radical (unpaired) electrons. The van der Waals surface area contributed by atoms with E-state index in [1.807, 2.05) is 36.0 Å². The van der Waals surface area contributed by atoms with Gasteiger partial charge in [0.15, 0.2) is 0 Å². The summed E-state index contributed by atoms with van der Waals surface area (Å²) >= 11 is 0. The van der Waals surface area contributed by atoms with Crippen LogP contribution in [0.2, 0.25) is 0 Å². The van der Waals surface area contributed by atoms with Gasteiger partial charge in [-0.2, -0.15) is 5.10 Å². The Bertz CT molecular complexity index is 833. The maximum atomic E-state index is 12.0. The first-order valence-corrected chi connectivity index (χ1v) is 11.0. The predicted molar refractivity (Wildman–Crippen MR) is 109 cm³/mol. The van der Waals surface area contributed by atoms with Crippen LogP contribution in [0.25, 0.3) is 0 Å². The van der Waals surface area contributed by atoms with Crippen LogP contribution in [-0.4, -0.2) is 36.8 Å². The Morgan fingerprint density at radius 2 is 1.79 bits per heavy atom. The van der Waals surface area contributed by atoms with Crippen LogP contribution in [0.4, 0.5) is 4.79 Å². The van der Waals surface area contributed by atoms with Gasteiger partial charge >= 0.3 is 6.03 Å². The number of amides is 2. The third-order valence-electron chi connectivity index (χ3n) is 3.92. The topological polar surface area (TPSA) is 105 Å². The van der Waals surface area contributed by atoms with Crippen LogP contribution in [-0.2, 0) is 28.9 Å². The summed E-state index contributed by atoms with van der Waals surface area (Å²) in [5, 5.41) is 9.80. The number of benzene rings is 1. The fraction of sp³-hybridized carbons (Fsp3) is 0.474. The van der Waals surface area contributed by atoms with Crippen molar-refractivity contribution in [3.63, 3.8) is 0 Å². The second-order valence-electron chi connectivity index (χ2n) is 7.24. The molecule has 8 nitrogen and oxygen atoms in total. The van der Waals surface area contributed by atoms with Crippen LogP contribution in [0.15, 0.2) is 42.7 Å². The van der Waals surface area contributed by atoms with E-state index in [0.29, 0.717) is 18.7 Å². The number of nitrogens with one attached hydrogen (secondary N) is 3. The van der Waals surface area contributed by atoms with Crippen molar-refractivity contribution >= 4 is 16.1 Å². The van der Waals surface area contributed by atoms with Crippen LogP contribution in [0.1, 0.15) is 31.9 Å². The van der Waals surface area contributed by atoms with Gasteiger partial charge in [-0.3, -0.25) is 4.68 Å². The number of aromatic nitrogens is 2. The summed E-state index contributed by atoms with van der Waals surface area (Å²) in [5.74, 6) is 0.194. The average Bonchev–Trinajstić information content (AvgIpc) is 3.10. The van der Waals surface area contributed by atoms with E-state index in [1.54, 1.807) is 32.2 Å². The Labute approximate surface area is 166 Å². The van der Waals surface area contributed by atoms with Crippen molar-refractivity contribution in [2.24, 2.45) is 5.92 Å². The minimum atomic E-state index is -3.34. The minimum absolute atomic E-state index is 0.0620. The summed E-state index contributed by atoms with van der Waals surface area (Å²) < 4.78 is 28.3. The molecule has 0 fully saturated rings. The summed E-state index contributed by atoms with van der Waals surface area (Å²) in [6.07, 6.45) is 3.62. The molecule has 0 aliphatic carbocycles. The second kappa shape index (κ2) is 10.2. The Kier molecular flexibility index (Phi) is 8.01. The molecule has 3 N–H and O–H groups in total. The van der Waals surface area contributed by atoms with Crippen LogP contribution >= 0.6 is 0 Å². The monoisotopic (exact) mass is 407 g/mol. The Morgan fingerprint density at radius 3 is 2.39 bits per heavy atom. The molecule has 0 saturated carbocycles. The van der Waals surface area contributed by atoms with Crippen molar-refractivity contribution in [2.45, 2.75) is 45.7 Å². The summed E-state index contributed by atoms with van der Waals surface area (Å²) in [7, 11) is -3.34. The van der Waals surface area contributed by atoms with Gasteiger partial charge in [0, 0.05) is 38.1 Å². The largest absolute Gasteiger partial charge is 0.338 e. The lowest BCUT2D eigenvalue weighted by molar-refractivity contribution is 0.238. The highest BCUT2D eigenvalue weighted by atomic mass is 32.2. The van der Waals surface area contributed by atoms with Gasteiger partial charge in [0.25, 0.3) is 0 Å². The van der Waals surface area contributed by atoms with Crippen molar-refractivity contribution < 1.29 is 13.2 Å². The van der Waals surface area contributed by atoms with Gasteiger partial charge in [-0.05, 0) is 37.0 Å². The fourth-order valence-electron chi connectivity index (χ4n) is 2.68. The zero-order chi connectivity index (χ0) is 20.6. The van der Waals surface area contributed by atoms with Gasteiger partial charge in [-0.25, -0.2) is 17.9 Å². The molecular formula is C19H29N5O3S. The highest BCUT2D eigenvalue weighted by Gasteiger charge is 2.13. The van der Waals surface area contributed by atoms with E-state index in [1.165, 1.54) is 0 Å². The molecule has 0 aliphatic heterocycles. The van der Waals surface area contributed by atoms with Crippen molar-refractivity contribution in [2.75, 3.05) is 6.54 Å². The summed E-state index contributed by atoms with van der Waals surface area (Å²) in [4.78, 5) is 11.9. The zero-order valence-electron chi connectivity index (χ0n) is 16.6. The first kappa shape index (κ1) is 21.9. The first-order valence-electron chi connectivity index (χ1n) is 9.30. The Morgan fingerprint density at radius 1 is 1.11 bits per heavy atom. The van der Waals surface area contributed by atoms with E-state index >= 15 is 0 Å². The molecule has 9 heteroatoms. The highest BCUT2D eigenvalue weighted by molar-refractivity contribution is 7.88. The van der Waals surface area contributed by atoms with Crippen LogP contribution in [0.5, 0.6) is 0 Å². The van der Waals surface area contributed by atoms with Gasteiger partial charge in [-0.15, -0.1) is 0 Å². The van der Waals surface area contributed by atoms with Gasteiger partial charge in [0.1, 0.15) is 0 Å². The minimum Gasteiger partial charge on any atom is -0.338 e. The molecule has 2 amide bonds. The third-order valence-corrected chi connectivity index (χ3v) is 5.46. The lowest BCUT2D eigenvalue weighted by Gasteiger charge is -2.13. The highest BCUT2D eigenvalue weighted by Crippen LogP contribution is 2.08. The van der Waals surface area contributed by atoms with Gasteiger partial charge in [0.2, 0.25) is 10.0 Å². The van der Waals surface area contributed by atoms with Crippen LogP contribution in [0.3, 0.4) is 0 Å². The number of carbonyl (C=O) groups is 1. The predicted octanol–water partition coefficient (Wildman–Crippen LogP) is 1.85. The summed E-state index contributed by atoms with van der Waals surface area (Å²) in [5.41, 5.74) is 1.60. The lowest BCUT2D eigenvalue weighted by atomic mass is 10.1. The van der Waals surface area contributed by atoms with Gasteiger partial charge in [-0.1, -0.05) is 31.2 Å². The molecule has 1 unspecified atom stereocenters. The van der Waals surface area contributed by atoms with E-state index in [2.05, 4.69) is 20.5 Å². The summed E-state index contributed by atoms with van der Waals surface area (Å²) in [6.45, 7) is 7.28. The molecule has 2 rings (SSSR count). The number of carbonyl (C=O) groups excluding carboxylic acids is 1. The normalized spacial score (nSPS) is 12.7. The molecule has 0 saturated heterocycles. The maximum Gasteiger partial charge on any atom is 0.315 e. The number of urea groups is 1. The number of nitrogens with zero attached hydrogens (tertiary/aromatic N) is 2. The quantitative estimate of drug-likeness (QED) is 0.559. The van der Waals surface area contributed by atoms with Crippen molar-refractivity contribution in [1.29, 1.82) is 0 Å². The molecule has 1 atom stereocenters. The number of rotatable bonds is 10. The SMILES string of the molecule is CC(CNC(=O)NCc1ccc(CS(=O)(=O)NC(C)C)cc1)Cn1cccn1. The molecule has 0 spiro atoms. The van der Waals surface area contributed by atoms with Gasteiger partial charge in [0.05, 0.1) is 5.75 Å². The average molecular weight is 408 g/mol.